The second-order valence-electron chi connectivity index (χ2n) is 5.63. The number of amides is 2. The van der Waals surface area contributed by atoms with Gasteiger partial charge in [0.25, 0.3) is 11.1 Å². The molecule has 142 valence electrons. The number of halogens is 1. The molecule has 3 heterocycles. The Balaban J connectivity index is 1.38. The van der Waals surface area contributed by atoms with E-state index in [-0.39, 0.29) is 30.7 Å². The number of carbonyl (C=O) groups is 2. The molecule has 2 aromatic heterocycles. The Bertz CT molecular complexity index is 1030. The number of thiophene rings is 1. The first-order valence-electron chi connectivity index (χ1n) is 8.07. The van der Waals surface area contributed by atoms with Gasteiger partial charge in [0.1, 0.15) is 18.1 Å². The van der Waals surface area contributed by atoms with Crippen molar-refractivity contribution >= 4 is 40.3 Å². The fourth-order valence-electron chi connectivity index (χ4n) is 2.37. The molecule has 7 nitrogen and oxygen atoms in total. The molecule has 1 saturated heterocycles. The molecule has 1 aliphatic heterocycles. The molecule has 0 radical (unpaired) electrons. The molecule has 1 fully saturated rings. The Kier molecular flexibility index (Phi) is 5.22. The number of imide groups is 1. The Morgan fingerprint density at radius 1 is 1.21 bits per heavy atom. The minimum absolute atomic E-state index is 0.00923. The lowest BCUT2D eigenvalue weighted by molar-refractivity contribution is -0.123. The van der Waals surface area contributed by atoms with Crippen molar-refractivity contribution < 1.29 is 23.2 Å². The normalized spacial score (nSPS) is 15.6. The van der Waals surface area contributed by atoms with Crippen LogP contribution in [0.2, 0.25) is 0 Å². The summed E-state index contributed by atoms with van der Waals surface area (Å²) in [7, 11) is 0. The Morgan fingerprint density at radius 3 is 2.79 bits per heavy atom. The molecule has 0 bridgehead atoms. The van der Waals surface area contributed by atoms with E-state index in [0.717, 1.165) is 21.5 Å². The first-order chi connectivity index (χ1) is 13.6. The minimum Gasteiger partial charge on any atom is -0.485 e. The van der Waals surface area contributed by atoms with Crippen LogP contribution in [0.1, 0.15) is 16.6 Å². The number of ether oxygens (including phenoxy) is 1. The second-order valence-corrected chi connectivity index (χ2v) is 7.60. The number of hydrogen-bond acceptors (Lipinski definition) is 8. The van der Waals surface area contributed by atoms with Crippen molar-refractivity contribution in [2.75, 3.05) is 0 Å². The first kappa shape index (κ1) is 18.4. The van der Waals surface area contributed by atoms with Crippen molar-refractivity contribution in [2.45, 2.75) is 13.2 Å². The molecule has 0 aliphatic carbocycles. The Hall–Kier alpha value is -2.98. The summed E-state index contributed by atoms with van der Waals surface area (Å²) in [4.78, 5) is 31.1. The zero-order valence-corrected chi connectivity index (χ0v) is 15.8. The van der Waals surface area contributed by atoms with Crippen LogP contribution >= 0.6 is 23.1 Å². The van der Waals surface area contributed by atoms with E-state index in [1.165, 1.54) is 35.6 Å². The molecule has 4 rings (SSSR count). The van der Waals surface area contributed by atoms with Gasteiger partial charge in [-0.25, -0.2) is 4.39 Å². The van der Waals surface area contributed by atoms with Crippen LogP contribution in [0.15, 0.2) is 51.2 Å². The van der Waals surface area contributed by atoms with Crippen LogP contribution < -0.4 is 4.74 Å². The standard InChI is InChI=1S/C18H12FN3O4S2/c19-11-3-5-12(6-4-11)25-10-15-20-16(26-21-15)9-22-17(23)14(28-18(22)24)8-13-2-1-7-27-13/h1-8H,9-10H2/b14-8+. The van der Waals surface area contributed by atoms with Crippen molar-refractivity contribution in [1.29, 1.82) is 0 Å². The van der Waals surface area contributed by atoms with Gasteiger partial charge in [-0.2, -0.15) is 4.98 Å². The molecule has 28 heavy (non-hydrogen) atoms. The Morgan fingerprint density at radius 2 is 2.04 bits per heavy atom. The van der Waals surface area contributed by atoms with Crippen LogP contribution in [0.4, 0.5) is 9.18 Å². The third-order valence-corrected chi connectivity index (χ3v) is 5.40. The molecule has 0 unspecified atom stereocenters. The van der Waals surface area contributed by atoms with E-state index in [9.17, 15) is 14.0 Å². The number of rotatable bonds is 6. The van der Waals surface area contributed by atoms with Crippen molar-refractivity contribution in [3.8, 4) is 5.75 Å². The fraction of sp³-hybridized carbons (Fsp3) is 0.111. The lowest BCUT2D eigenvalue weighted by Crippen LogP contribution is -2.27. The van der Waals surface area contributed by atoms with E-state index in [2.05, 4.69) is 10.1 Å². The molecule has 2 amide bonds. The molecule has 0 saturated carbocycles. The summed E-state index contributed by atoms with van der Waals surface area (Å²) in [6.07, 6.45) is 1.69. The summed E-state index contributed by atoms with van der Waals surface area (Å²) >= 11 is 2.35. The predicted molar refractivity (Wildman–Crippen MR) is 101 cm³/mol. The maximum Gasteiger partial charge on any atom is 0.294 e. The molecule has 0 N–H and O–H groups in total. The Labute approximate surface area is 166 Å². The van der Waals surface area contributed by atoms with E-state index < -0.39 is 11.1 Å². The molecular weight excluding hydrogens is 405 g/mol. The van der Waals surface area contributed by atoms with E-state index in [4.69, 9.17) is 9.26 Å². The highest BCUT2D eigenvalue weighted by molar-refractivity contribution is 8.18. The van der Waals surface area contributed by atoms with Gasteiger partial charge in [0, 0.05) is 4.88 Å². The van der Waals surface area contributed by atoms with Gasteiger partial charge < -0.3 is 9.26 Å². The number of nitrogens with zero attached hydrogens (tertiary/aromatic N) is 3. The number of aromatic nitrogens is 2. The minimum atomic E-state index is -0.397. The van der Waals surface area contributed by atoms with Gasteiger partial charge in [-0.3, -0.25) is 14.5 Å². The number of carbonyl (C=O) groups excluding carboxylic acids is 2. The van der Waals surface area contributed by atoms with Crippen molar-refractivity contribution in [3.63, 3.8) is 0 Å². The van der Waals surface area contributed by atoms with Gasteiger partial charge in [0.15, 0.2) is 6.61 Å². The highest BCUT2D eigenvalue weighted by Gasteiger charge is 2.36. The lowest BCUT2D eigenvalue weighted by atomic mass is 10.3. The van der Waals surface area contributed by atoms with E-state index in [0.29, 0.717) is 10.7 Å². The quantitative estimate of drug-likeness (QED) is 0.559. The highest BCUT2D eigenvalue weighted by atomic mass is 32.2. The molecule has 1 aromatic carbocycles. The molecule has 1 aliphatic rings. The van der Waals surface area contributed by atoms with Crippen LogP contribution in [-0.2, 0) is 17.9 Å². The summed E-state index contributed by atoms with van der Waals surface area (Å²) in [5, 5.41) is 5.27. The number of hydrogen-bond donors (Lipinski definition) is 0. The second kappa shape index (κ2) is 7.95. The zero-order chi connectivity index (χ0) is 19.5. The molecule has 0 atom stereocenters. The predicted octanol–water partition coefficient (Wildman–Crippen LogP) is 4.09. The van der Waals surface area contributed by atoms with Gasteiger partial charge in [0.2, 0.25) is 11.7 Å². The van der Waals surface area contributed by atoms with Gasteiger partial charge >= 0.3 is 0 Å². The molecular formula is C18H12FN3O4S2. The maximum atomic E-state index is 12.9. The molecule has 10 heteroatoms. The average molecular weight is 417 g/mol. The summed E-state index contributed by atoms with van der Waals surface area (Å²) in [5.74, 6) is 0.0698. The van der Waals surface area contributed by atoms with Gasteiger partial charge in [-0.1, -0.05) is 11.2 Å². The van der Waals surface area contributed by atoms with Gasteiger partial charge in [-0.05, 0) is 53.5 Å². The SMILES string of the molecule is O=C1S/C(=C/c2cccs2)C(=O)N1Cc1nc(COc2ccc(F)cc2)no1. The smallest absolute Gasteiger partial charge is 0.294 e. The topological polar surface area (TPSA) is 85.5 Å². The van der Waals surface area contributed by atoms with E-state index in [1.54, 1.807) is 6.08 Å². The fourth-order valence-corrected chi connectivity index (χ4v) is 3.93. The molecule has 3 aromatic rings. The summed E-state index contributed by atoms with van der Waals surface area (Å²) in [6, 6.07) is 9.26. The maximum absolute atomic E-state index is 12.9. The number of thioether (sulfide) groups is 1. The summed E-state index contributed by atoms with van der Waals surface area (Å²) < 4.78 is 23.4. The average Bonchev–Trinajstić information content (AvgIpc) is 3.41. The van der Waals surface area contributed by atoms with Crippen molar-refractivity contribution in [2.24, 2.45) is 0 Å². The zero-order valence-electron chi connectivity index (χ0n) is 14.2. The van der Waals surface area contributed by atoms with Crippen LogP contribution in [0.5, 0.6) is 5.75 Å². The lowest BCUT2D eigenvalue weighted by Gasteiger charge is -2.08. The van der Waals surface area contributed by atoms with E-state index >= 15 is 0 Å². The van der Waals surface area contributed by atoms with Crippen molar-refractivity contribution in [3.05, 3.63) is 69.1 Å². The molecule has 0 spiro atoms. The van der Waals surface area contributed by atoms with E-state index in [1.807, 2.05) is 17.5 Å². The summed E-state index contributed by atoms with van der Waals surface area (Å²) in [6.45, 7) is -0.106. The van der Waals surface area contributed by atoms with Crippen molar-refractivity contribution in [1.82, 2.24) is 15.0 Å². The largest absolute Gasteiger partial charge is 0.485 e. The monoisotopic (exact) mass is 417 g/mol. The third kappa shape index (κ3) is 4.12. The number of benzene rings is 1. The highest BCUT2D eigenvalue weighted by Crippen LogP contribution is 2.33. The van der Waals surface area contributed by atoms with Gasteiger partial charge in [-0.15, -0.1) is 11.3 Å². The van der Waals surface area contributed by atoms with Crippen LogP contribution in [0.25, 0.3) is 6.08 Å². The van der Waals surface area contributed by atoms with Crippen LogP contribution in [0.3, 0.4) is 0 Å². The first-order valence-corrected chi connectivity index (χ1v) is 9.77. The third-order valence-electron chi connectivity index (χ3n) is 3.68. The summed E-state index contributed by atoms with van der Waals surface area (Å²) in [5.41, 5.74) is 0. The van der Waals surface area contributed by atoms with Gasteiger partial charge in [0.05, 0.1) is 4.91 Å². The van der Waals surface area contributed by atoms with Crippen LogP contribution in [-0.4, -0.2) is 26.2 Å². The van der Waals surface area contributed by atoms with Crippen LogP contribution in [0, 0.1) is 5.82 Å².